The first-order valence-corrected chi connectivity index (χ1v) is 7.15. The fraction of sp³-hybridized carbons (Fsp3) is 0.455. The van der Waals surface area contributed by atoms with E-state index in [0.29, 0.717) is 34.8 Å². The van der Waals surface area contributed by atoms with Crippen molar-refractivity contribution in [3.05, 3.63) is 29.3 Å². The molecule has 3 rings (SSSR count). The number of halogens is 1. The zero-order valence-corrected chi connectivity index (χ0v) is 10.2. The van der Waals surface area contributed by atoms with Crippen molar-refractivity contribution < 1.29 is 8.42 Å². The zero-order valence-electron chi connectivity index (χ0n) is 8.64. The van der Waals surface area contributed by atoms with Crippen molar-refractivity contribution in [3.63, 3.8) is 0 Å². The predicted octanol–water partition coefficient (Wildman–Crippen LogP) is 1.98. The van der Waals surface area contributed by atoms with Crippen LogP contribution in [0.5, 0.6) is 0 Å². The van der Waals surface area contributed by atoms with Crippen molar-refractivity contribution in [1.29, 1.82) is 0 Å². The second-order valence-electron chi connectivity index (χ2n) is 4.53. The van der Waals surface area contributed by atoms with Gasteiger partial charge in [-0.15, -0.1) is 0 Å². The summed E-state index contributed by atoms with van der Waals surface area (Å²) in [6.07, 6.45) is 1.20. The molecule has 1 aliphatic heterocycles. The maximum absolute atomic E-state index is 12.2. The molecule has 1 aromatic rings. The number of piperidine rings is 1. The maximum atomic E-state index is 12.2. The van der Waals surface area contributed by atoms with E-state index in [0.717, 1.165) is 0 Å². The largest absolute Gasteiger partial charge is 0.243 e. The Morgan fingerprint density at radius 2 is 1.69 bits per heavy atom. The molecule has 16 heavy (non-hydrogen) atoms. The van der Waals surface area contributed by atoms with Gasteiger partial charge in [0, 0.05) is 18.1 Å². The molecule has 2 aliphatic rings. The average molecular weight is 258 g/mol. The number of benzene rings is 1. The van der Waals surface area contributed by atoms with E-state index in [1.54, 1.807) is 28.6 Å². The van der Waals surface area contributed by atoms with Crippen LogP contribution in [0.25, 0.3) is 0 Å². The first-order chi connectivity index (χ1) is 7.57. The summed E-state index contributed by atoms with van der Waals surface area (Å²) in [4.78, 5) is 0.346. The second kappa shape index (κ2) is 3.45. The summed E-state index contributed by atoms with van der Waals surface area (Å²) in [5, 5.41) is 0.559. The fourth-order valence-electron chi connectivity index (χ4n) is 2.31. The van der Waals surface area contributed by atoms with Gasteiger partial charge >= 0.3 is 0 Å². The standard InChI is InChI=1S/C11H12ClNO2S/c12-10-1-3-11(4-2-10)16(14,15)13-6-8-5-9(8)7-13/h1-4,8-9H,5-7H2. The Balaban J connectivity index is 1.89. The highest BCUT2D eigenvalue weighted by Gasteiger charge is 2.48. The summed E-state index contributed by atoms with van der Waals surface area (Å²) in [7, 11) is -3.28. The van der Waals surface area contributed by atoms with E-state index in [4.69, 9.17) is 11.6 Å². The van der Waals surface area contributed by atoms with Gasteiger partial charge in [0.2, 0.25) is 10.0 Å². The van der Waals surface area contributed by atoms with Crippen LogP contribution in [0.2, 0.25) is 5.02 Å². The number of sulfonamides is 1. The number of hydrogen-bond donors (Lipinski definition) is 0. The van der Waals surface area contributed by atoms with E-state index in [2.05, 4.69) is 0 Å². The lowest BCUT2D eigenvalue weighted by Gasteiger charge is -2.17. The molecule has 86 valence electrons. The van der Waals surface area contributed by atoms with Crippen LogP contribution in [0.3, 0.4) is 0 Å². The Hall–Kier alpha value is -0.580. The summed E-state index contributed by atoms with van der Waals surface area (Å²) in [6, 6.07) is 6.37. The van der Waals surface area contributed by atoms with Gasteiger partial charge in [0.1, 0.15) is 0 Å². The van der Waals surface area contributed by atoms with Crippen LogP contribution in [0, 0.1) is 11.8 Å². The topological polar surface area (TPSA) is 37.4 Å². The van der Waals surface area contributed by atoms with E-state index in [1.165, 1.54) is 6.42 Å². The van der Waals surface area contributed by atoms with E-state index in [9.17, 15) is 8.42 Å². The molecule has 1 saturated heterocycles. The van der Waals surface area contributed by atoms with Crippen molar-refractivity contribution in [2.45, 2.75) is 11.3 Å². The van der Waals surface area contributed by atoms with Crippen LogP contribution in [0.4, 0.5) is 0 Å². The van der Waals surface area contributed by atoms with Crippen molar-refractivity contribution in [1.82, 2.24) is 4.31 Å². The monoisotopic (exact) mass is 257 g/mol. The van der Waals surface area contributed by atoms with E-state index >= 15 is 0 Å². The predicted molar refractivity (Wildman–Crippen MR) is 61.8 cm³/mol. The number of nitrogens with zero attached hydrogens (tertiary/aromatic N) is 1. The van der Waals surface area contributed by atoms with Gasteiger partial charge in [0.15, 0.2) is 0 Å². The molecule has 2 fully saturated rings. The normalized spacial score (nSPS) is 29.1. The minimum atomic E-state index is -3.28. The van der Waals surface area contributed by atoms with Crippen LogP contribution < -0.4 is 0 Å². The molecule has 1 saturated carbocycles. The number of rotatable bonds is 2. The first kappa shape index (κ1) is 10.6. The molecule has 1 heterocycles. The summed E-state index contributed by atoms with van der Waals surface area (Å²) in [5.41, 5.74) is 0. The molecular weight excluding hydrogens is 246 g/mol. The zero-order chi connectivity index (χ0) is 11.3. The third-order valence-electron chi connectivity index (χ3n) is 3.40. The molecule has 2 atom stereocenters. The van der Waals surface area contributed by atoms with Gasteiger partial charge in [0.05, 0.1) is 4.90 Å². The minimum Gasteiger partial charge on any atom is -0.207 e. The highest BCUT2D eigenvalue weighted by molar-refractivity contribution is 7.89. The lowest BCUT2D eigenvalue weighted by atomic mass is 10.4. The number of hydrogen-bond acceptors (Lipinski definition) is 2. The summed E-state index contributed by atoms with van der Waals surface area (Å²) in [6.45, 7) is 1.38. The third-order valence-corrected chi connectivity index (χ3v) is 5.49. The highest BCUT2D eigenvalue weighted by Crippen LogP contribution is 2.46. The van der Waals surface area contributed by atoms with Gasteiger partial charge in [-0.3, -0.25) is 0 Å². The SMILES string of the molecule is O=S(=O)(c1ccc(Cl)cc1)N1CC2CC2C1. The smallest absolute Gasteiger partial charge is 0.207 e. The molecule has 0 amide bonds. The van der Waals surface area contributed by atoms with Gasteiger partial charge < -0.3 is 0 Å². The van der Waals surface area contributed by atoms with Gasteiger partial charge in [-0.05, 0) is 42.5 Å². The molecular formula is C11H12ClNO2S. The van der Waals surface area contributed by atoms with Crippen LogP contribution in [0.15, 0.2) is 29.2 Å². The first-order valence-electron chi connectivity index (χ1n) is 5.33. The molecule has 2 unspecified atom stereocenters. The Labute approximate surface area is 100 Å². The molecule has 1 aliphatic carbocycles. The molecule has 0 aromatic heterocycles. The molecule has 0 spiro atoms. The molecule has 5 heteroatoms. The molecule has 0 bridgehead atoms. The summed E-state index contributed by atoms with van der Waals surface area (Å²) in [5.74, 6) is 1.23. The van der Waals surface area contributed by atoms with Crippen molar-refractivity contribution in [2.75, 3.05) is 13.1 Å². The number of fused-ring (bicyclic) bond motifs is 1. The Kier molecular flexibility index (Phi) is 2.28. The van der Waals surface area contributed by atoms with Gasteiger partial charge in [-0.25, -0.2) is 8.42 Å². The van der Waals surface area contributed by atoms with E-state index in [1.807, 2.05) is 0 Å². The quantitative estimate of drug-likeness (QED) is 0.813. The lowest BCUT2D eigenvalue weighted by molar-refractivity contribution is 0.443. The minimum absolute atomic E-state index is 0.346. The molecule has 1 aromatic carbocycles. The van der Waals surface area contributed by atoms with Crippen molar-refractivity contribution in [2.24, 2.45) is 11.8 Å². The van der Waals surface area contributed by atoms with Gasteiger partial charge in [-0.2, -0.15) is 4.31 Å². The van der Waals surface area contributed by atoms with Crippen LogP contribution >= 0.6 is 11.6 Å². The fourth-order valence-corrected chi connectivity index (χ4v) is 3.99. The van der Waals surface area contributed by atoms with Gasteiger partial charge in [0.25, 0.3) is 0 Å². The lowest BCUT2D eigenvalue weighted by Crippen LogP contribution is -2.30. The van der Waals surface area contributed by atoms with E-state index < -0.39 is 10.0 Å². The summed E-state index contributed by atoms with van der Waals surface area (Å²) < 4.78 is 26.0. The molecule has 3 nitrogen and oxygen atoms in total. The van der Waals surface area contributed by atoms with E-state index in [-0.39, 0.29) is 0 Å². The molecule has 0 radical (unpaired) electrons. The second-order valence-corrected chi connectivity index (χ2v) is 6.91. The highest BCUT2D eigenvalue weighted by atomic mass is 35.5. The van der Waals surface area contributed by atoms with Crippen molar-refractivity contribution in [3.8, 4) is 0 Å². The van der Waals surface area contributed by atoms with Crippen LogP contribution in [-0.2, 0) is 10.0 Å². The maximum Gasteiger partial charge on any atom is 0.243 e. The Morgan fingerprint density at radius 1 is 1.12 bits per heavy atom. The third kappa shape index (κ3) is 1.65. The average Bonchev–Trinajstić information content (AvgIpc) is 2.86. The Bertz CT molecular complexity index is 501. The van der Waals surface area contributed by atoms with Crippen molar-refractivity contribution >= 4 is 21.6 Å². The van der Waals surface area contributed by atoms with Crippen LogP contribution in [0.1, 0.15) is 6.42 Å². The molecule has 0 N–H and O–H groups in total. The van der Waals surface area contributed by atoms with Gasteiger partial charge in [-0.1, -0.05) is 11.6 Å². The van der Waals surface area contributed by atoms with Crippen LogP contribution in [-0.4, -0.2) is 25.8 Å². The Morgan fingerprint density at radius 3 is 2.25 bits per heavy atom. The summed E-state index contributed by atoms with van der Waals surface area (Å²) >= 11 is 5.74.